The minimum absolute atomic E-state index is 0.0895. The third-order valence-corrected chi connectivity index (χ3v) is 3.98. The van der Waals surface area contributed by atoms with Crippen LogP contribution in [0, 0.1) is 5.41 Å². The third kappa shape index (κ3) is 3.69. The molecule has 0 aromatic carbocycles. The molecule has 0 heterocycles. The maximum absolute atomic E-state index is 11.6. The predicted octanol–water partition coefficient (Wildman–Crippen LogP) is 4.60. The summed E-state index contributed by atoms with van der Waals surface area (Å²) in [6.07, 6.45) is 10.6. The van der Waals surface area contributed by atoms with Crippen LogP contribution in [0.3, 0.4) is 0 Å². The zero-order chi connectivity index (χ0) is 12.9. The summed E-state index contributed by atoms with van der Waals surface area (Å²) in [4.78, 5) is 11.6. The summed E-state index contributed by atoms with van der Waals surface area (Å²) in [5.74, 6) is 0.210. The Morgan fingerprint density at radius 3 is 2.82 bits per heavy atom. The van der Waals surface area contributed by atoms with E-state index in [0.29, 0.717) is 6.42 Å². The molecule has 0 spiro atoms. The molecule has 1 aliphatic rings. The fourth-order valence-electron chi connectivity index (χ4n) is 2.40. The van der Waals surface area contributed by atoms with Crippen molar-refractivity contribution in [1.82, 2.24) is 0 Å². The van der Waals surface area contributed by atoms with Gasteiger partial charge in [-0.15, -0.1) is 6.58 Å². The normalized spacial score (nSPS) is 25.4. The first kappa shape index (κ1) is 14.0. The van der Waals surface area contributed by atoms with E-state index in [4.69, 9.17) is 0 Å². The third-order valence-electron chi connectivity index (χ3n) is 3.98. The largest absolute Gasteiger partial charge is 0.295 e. The molecule has 1 atom stereocenters. The highest BCUT2D eigenvalue weighted by atomic mass is 16.1. The molecule has 0 radical (unpaired) electrons. The first-order valence-corrected chi connectivity index (χ1v) is 6.49. The highest BCUT2D eigenvalue weighted by Crippen LogP contribution is 2.41. The van der Waals surface area contributed by atoms with Crippen LogP contribution in [0.5, 0.6) is 0 Å². The summed E-state index contributed by atoms with van der Waals surface area (Å²) in [7, 11) is 0. The summed E-state index contributed by atoms with van der Waals surface area (Å²) in [5, 5.41) is 0. The van der Waals surface area contributed by atoms with Gasteiger partial charge >= 0.3 is 0 Å². The Balaban J connectivity index is 2.72. The van der Waals surface area contributed by atoms with Gasteiger partial charge in [-0.3, -0.25) is 4.79 Å². The van der Waals surface area contributed by atoms with Gasteiger partial charge in [-0.25, -0.2) is 0 Å². The van der Waals surface area contributed by atoms with E-state index in [1.54, 1.807) is 12.2 Å². The highest BCUT2D eigenvalue weighted by molar-refractivity contribution is 5.89. The molecular weight excluding hydrogens is 208 g/mol. The first-order chi connectivity index (χ1) is 7.99. The average molecular weight is 232 g/mol. The van der Waals surface area contributed by atoms with Crippen molar-refractivity contribution >= 4 is 5.78 Å². The molecule has 1 aliphatic carbocycles. The predicted molar refractivity (Wildman–Crippen MR) is 73.9 cm³/mol. The summed E-state index contributed by atoms with van der Waals surface area (Å²) in [6, 6.07) is 0. The topological polar surface area (TPSA) is 17.1 Å². The number of allylic oxidation sites excluding steroid dienone is 5. The van der Waals surface area contributed by atoms with Crippen LogP contribution < -0.4 is 0 Å². The van der Waals surface area contributed by atoms with Gasteiger partial charge in [0, 0.05) is 11.8 Å². The molecular formula is C16H24O. The Morgan fingerprint density at radius 2 is 2.18 bits per heavy atom. The van der Waals surface area contributed by atoms with Crippen LogP contribution in [0.1, 0.15) is 52.9 Å². The summed E-state index contributed by atoms with van der Waals surface area (Å²) in [6.45, 7) is 10.3. The highest BCUT2D eigenvalue weighted by Gasteiger charge is 2.27. The fraction of sp³-hybridized carbons (Fsp3) is 0.562. The van der Waals surface area contributed by atoms with Crippen molar-refractivity contribution in [1.29, 1.82) is 0 Å². The molecule has 1 rings (SSSR count). The Morgan fingerprint density at radius 1 is 1.47 bits per heavy atom. The van der Waals surface area contributed by atoms with Crippen molar-refractivity contribution in [3.63, 3.8) is 0 Å². The average Bonchev–Trinajstić information content (AvgIpc) is 2.31. The van der Waals surface area contributed by atoms with Gasteiger partial charge in [-0.2, -0.15) is 0 Å². The van der Waals surface area contributed by atoms with Gasteiger partial charge in [-0.1, -0.05) is 30.2 Å². The van der Waals surface area contributed by atoms with E-state index >= 15 is 0 Å². The number of ketones is 1. The molecule has 0 fully saturated rings. The van der Waals surface area contributed by atoms with Gasteiger partial charge < -0.3 is 0 Å². The maximum atomic E-state index is 11.6. The van der Waals surface area contributed by atoms with E-state index in [0.717, 1.165) is 12.8 Å². The smallest absolute Gasteiger partial charge is 0.155 e. The molecule has 0 aromatic rings. The zero-order valence-corrected chi connectivity index (χ0v) is 11.4. The Kier molecular flexibility index (Phi) is 4.92. The van der Waals surface area contributed by atoms with Crippen LogP contribution >= 0.6 is 0 Å². The van der Waals surface area contributed by atoms with Crippen molar-refractivity contribution < 1.29 is 4.79 Å². The maximum Gasteiger partial charge on any atom is 0.155 e. The number of hydrogen-bond donors (Lipinski definition) is 0. The lowest BCUT2D eigenvalue weighted by atomic mass is 9.72. The van der Waals surface area contributed by atoms with Crippen LogP contribution in [-0.4, -0.2) is 5.78 Å². The molecule has 0 aliphatic heterocycles. The van der Waals surface area contributed by atoms with Gasteiger partial charge in [0.2, 0.25) is 0 Å². The van der Waals surface area contributed by atoms with E-state index in [9.17, 15) is 4.79 Å². The lowest BCUT2D eigenvalue weighted by Crippen LogP contribution is -2.20. The van der Waals surface area contributed by atoms with E-state index < -0.39 is 0 Å². The van der Waals surface area contributed by atoms with Crippen LogP contribution in [0.15, 0.2) is 36.0 Å². The number of carbonyl (C=O) groups is 1. The Bertz CT molecular complexity index is 360. The lowest BCUT2D eigenvalue weighted by molar-refractivity contribution is -0.114. The number of carbonyl (C=O) groups excluding carboxylic acids is 1. The van der Waals surface area contributed by atoms with Gasteiger partial charge in [0.15, 0.2) is 5.78 Å². The lowest BCUT2D eigenvalue weighted by Gasteiger charge is -2.33. The second kappa shape index (κ2) is 6.00. The molecule has 0 bridgehead atoms. The number of hydrogen-bond acceptors (Lipinski definition) is 1. The molecule has 1 unspecified atom stereocenters. The second-order valence-corrected chi connectivity index (χ2v) is 5.30. The van der Waals surface area contributed by atoms with Crippen molar-refractivity contribution in [3.05, 3.63) is 36.0 Å². The fourth-order valence-corrected chi connectivity index (χ4v) is 2.40. The molecule has 0 amide bonds. The molecule has 0 saturated carbocycles. The summed E-state index contributed by atoms with van der Waals surface area (Å²) < 4.78 is 0. The van der Waals surface area contributed by atoms with Crippen molar-refractivity contribution in [2.24, 2.45) is 5.41 Å². The minimum atomic E-state index is 0.0895. The van der Waals surface area contributed by atoms with E-state index in [2.05, 4.69) is 33.4 Å². The molecule has 17 heavy (non-hydrogen) atoms. The molecule has 0 N–H and O–H groups in total. The van der Waals surface area contributed by atoms with E-state index in [1.807, 2.05) is 0 Å². The Hall–Kier alpha value is -1.11. The van der Waals surface area contributed by atoms with Crippen LogP contribution in [-0.2, 0) is 4.79 Å². The van der Waals surface area contributed by atoms with Gasteiger partial charge in [0.05, 0.1) is 0 Å². The first-order valence-electron chi connectivity index (χ1n) is 6.49. The van der Waals surface area contributed by atoms with Crippen LogP contribution in [0.25, 0.3) is 0 Å². The van der Waals surface area contributed by atoms with Gasteiger partial charge in [-0.05, 0) is 45.6 Å². The zero-order valence-electron chi connectivity index (χ0n) is 11.4. The SMILES string of the molecule is C=CCCC(=O)C=CC1(C)CCCC(C)=C1C. The van der Waals surface area contributed by atoms with Crippen LogP contribution in [0.4, 0.5) is 0 Å². The monoisotopic (exact) mass is 232 g/mol. The molecule has 0 aromatic heterocycles. The van der Waals surface area contributed by atoms with E-state index in [1.165, 1.54) is 24.0 Å². The van der Waals surface area contributed by atoms with Gasteiger partial charge in [0.25, 0.3) is 0 Å². The molecule has 1 heteroatoms. The van der Waals surface area contributed by atoms with Crippen molar-refractivity contribution in [3.8, 4) is 0 Å². The van der Waals surface area contributed by atoms with Crippen molar-refractivity contribution in [2.45, 2.75) is 52.9 Å². The van der Waals surface area contributed by atoms with Gasteiger partial charge in [0.1, 0.15) is 0 Å². The quantitative estimate of drug-likeness (QED) is 0.500. The molecule has 0 saturated heterocycles. The van der Waals surface area contributed by atoms with Crippen molar-refractivity contribution in [2.75, 3.05) is 0 Å². The standard InChI is InChI=1S/C16H24O/c1-5-6-9-15(17)10-12-16(4)11-7-8-13(2)14(16)3/h5,10,12H,1,6-9,11H2,2-4H3. The van der Waals surface area contributed by atoms with E-state index in [-0.39, 0.29) is 11.2 Å². The Labute approximate surface area is 105 Å². The molecule has 1 nitrogen and oxygen atoms in total. The molecule has 94 valence electrons. The summed E-state index contributed by atoms with van der Waals surface area (Å²) >= 11 is 0. The summed E-state index contributed by atoms with van der Waals surface area (Å²) in [5.41, 5.74) is 3.02. The number of rotatable bonds is 5. The van der Waals surface area contributed by atoms with Crippen LogP contribution in [0.2, 0.25) is 0 Å². The minimum Gasteiger partial charge on any atom is -0.295 e. The second-order valence-electron chi connectivity index (χ2n) is 5.30.